The number of hydrogen-bond acceptors (Lipinski definition) is 4. The average Bonchev–Trinajstić information content (AvgIpc) is 2.69. The van der Waals surface area contributed by atoms with E-state index in [-0.39, 0.29) is 0 Å². The summed E-state index contributed by atoms with van der Waals surface area (Å²) in [5.41, 5.74) is 0.817. The van der Waals surface area contributed by atoms with Crippen molar-refractivity contribution in [2.45, 2.75) is 46.3 Å². The fraction of sp³-hybridized carbons (Fsp3) is 0.769. The highest BCUT2D eigenvalue weighted by atomic mass is 32.1. The molecule has 0 amide bonds. The fourth-order valence-electron chi connectivity index (χ4n) is 1.82. The van der Waals surface area contributed by atoms with Crippen molar-refractivity contribution >= 4 is 16.5 Å². The second-order valence-electron chi connectivity index (χ2n) is 4.72. The molecule has 0 bridgehead atoms. The first-order valence-corrected chi connectivity index (χ1v) is 7.67. The Morgan fingerprint density at radius 3 is 2.50 bits per heavy atom. The molecule has 0 saturated heterocycles. The van der Waals surface area contributed by atoms with Gasteiger partial charge in [-0.05, 0) is 26.3 Å². The van der Waals surface area contributed by atoms with Crippen molar-refractivity contribution in [1.82, 2.24) is 10.3 Å². The topological polar surface area (TPSA) is 28.2 Å². The van der Waals surface area contributed by atoms with E-state index in [1.807, 2.05) is 13.8 Å². The molecule has 20 heavy (non-hydrogen) atoms. The Labute approximate surface area is 122 Å². The Kier molecular flexibility index (Phi) is 6.75. The molecule has 0 atom stereocenters. The van der Waals surface area contributed by atoms with E-state index in [0.717, 1.165) is 23.5 Å². The number of hydrogen-bond donors (Lipinski definition) is 1. The van der Waals surface area contributed by atoms with Gasteiger partial charge in [-0.25, -0.2) is 4.98 Å². The van der Waals surface area contributed by atoms with Gasteiger partial charge in [0.15, 0.2) is 5.13 Å². The lowest BCUT2D eigenvalue weighted by Crippen LogP contribution is -2.34. The van der Waals surface area contributed by atoms with Crippen LogP contribution in [0.2, 0.25) is 0 Å². The minimum absolute atomic E-state index is 0.369. The van der Waals surface area contributed by atoms with E-state index in [2.05, 4.69) is 17.2 Å². The monoisotopic (exact) mass is 309 g/mol. The summed E-state index contributed by atoms with van der Waals surface area (Å²) in [4.78, 5) is 6.63. The molecule has 1 aromatic heterocycles. The summed E-state index contributed by atoms with van der Waals surface area (Å²) in [7, 11) is 0. The number of rotatable bonds is 8. The van der Waals surface area contributed by atoms with Gasteiger partial charge in [-0.15, -0.1) is 11.3 Å². The molecule has 0 fully saturated rings. The maximum absolute atomic E-state index is 12.6. The first-order chi connectivity index (χ1) is 9.37. The molecule has 0 aliphatic heterocycles. The van der Waals surface area contributed by atoms with Crippen LogP contribution in [-0.2, 0) is 6.54 Å². The number of aryl methyl sites for hydroxylation is 1. The van der Waals surface area contributed by atoms with Crippen LogP contribution in [0.4, 0.5) is 18.3 Å². The first-order valence-electron chi connectivity index (χ1n) is 6.86. The lowest BCUT2D eigenvalue weighted by Gasteiger charge is -2.22. The molecule has 3 nitrogen and oxygen atoms in total. The highest BCUT2D eigenvalue weighted by Gasteiger charge is 2.31. The molecule has 0 radical (unpaired) electrons. The molecular formula is C13H22F3N3S. The SMILES string of the molecule is CCCNCc1sc(N(CCC)CC(F)(F)F)nc1C. The maximum atomic E-state index is 12.6. The lowest BCUT2D eigenvalue weighted by atomic mass is 10.4. The molecule has 7 heteroatoms. The van der Waals surface area contributed by atoms with Gasteiger partial charge in [-0.3, -0.25) is 0 Å². The van der Waals surface area contributed by atoms with Crippen molar-refractivity contribution in [3.63, 3.8) is 0 Å². The second-order valence-corrected chi connectivity index (χ2v) is 5.78. The number of nitrogens with one attached hydrogen (secondary N) is 1. The van der Waals surface area contributed by atoms with Crippen LogP contribution < -0.4 is 10.2 Å². The normalized spacial score (nSPS) is 11.9. The third kappa shape index (κ3) is 5.66. The van der Waals surface area contributed by atoms with Crippen LogP contribution >= 0.6 is 11.3 Å². The summed E-state index contributed by atoms with van der Waals surface area (Å²) in [6.45, 7) is 6.79. The molecule has 0 aliphatic carbocycles. The molecule has 1 aromatic rings. The van der Waals surface area contributed by atoms with Crippen LogP contribution in [0.5, 0.6) is 0 Å². The third-order valence-corrected chi connectivity index (χ3v) is 3.95. The van der Waals surface area contributed by atoms with Gasteiger partial charge in [0.1, 0.15) is 6.54 Å². The summed E-state index contributed by atoms with van der Waals surface area (Å²) in [6.07, 6.45) is -2.51. The second kappa shape index (κ2) is 7.83. The molecule has 1 rings (SSSR count). The Hall–Kier alpha value is -0.820. The van der Waals surface area contributed by atoms with Crippen molar-refractivity contribution in [1.29, 1.82) is 0 Å². The number of alkyl halides is 3. The molecule has 0 saturated carbocycles. The van der Waals surface area contributed by atoms with Gasteiger partial charge >= 0.3 is 6.18 Å². The molecule has 0 unspecified atom stereocenters. The Morgan fingerprint density at radius 2 is 1.95 bits per heavy atom. The van der Waals surface area contributed by atoms with E-state index in [0.29, 0.717) is 24.6 Å². The summed E-state index contributed by atoms with van der Waals surface area (Å²) < 4.78 is 37.8. The largest absolute Gasteiger partial charge is 0.406 e. The molecule has 116 valence electrons. The van der Waals surface area contributed by atoms with Crippen LogP contribution in [0.15, 0.2) is 0 Å². The zero-order valence-electron chi connectivity index (χ0n) is 12.2. The van der Waals surface area contributed by atoms with E-state index < -0.39 is 12.7 Å². The van der Waals surface area contributed by atoms with Gasteiger partial charge in [0.05, 0.1) is 5.69 Å². The number of nitrogens with zero attached hydrogens (tertiary/aromatic N) is 2. The minimum Gasteiger partial charge on any atom is -0.339 e. The summed E-state index contributed by atoms with van der Waals surface area (Å²) >= 11 is 1.35. The van der Waals surface area contributed by atoms with Crippen molar-refractivity contribution in [2.24, 2.45) is 0 Å². The van der Waals surface area contributed by atoms with Crippen LogP contribution in [0.3, 0.4) is 0 Å². The quantitative estimate of drug-likeness (QED) is 0.742. The average molecular weight is 309 g/mol. The molecule has 1 heterocycles. The van der Waals surface area contributed by atoms with Gasteiger partial charge in [0, 0.05) is 18.0 Å². The predicted octanol–water partition coefficient (Wildman–Crippen LogP) is 3.73. The predicted molar refractivity (Wildman–Crippen MR) is 77.4 cm³/mol. The molecular weight excluding hydrogens is 287 g/mol. The number of thiazole rings is 1. The van der Waals surface area contributed by atoms with Crippen LogP contribution in [0, 0.1) is 6.92 Å². The number of anilines is 1. The van der Waals surface area contributed by atoms with Crippen molar-refractivity contribution in [3.05, 3.63) is 10.6 Å². The first kappa shape index (κ1) is 17.2. The van der Waals surface area contributed by atoms with E-state index >= 15 is 0 Å². The zero-order valence-corrected chi connectivity index (χ0v) is 13.0. The minimum atomic E-state index is -4.20. The van der Waals surface area contributed by atoms with E-state index in [4.69, 9.17) is 0 Å². The standard InChI is InChI=1S/C13H22F3N3S/c1-4-6-17-8-11-10(3)18-12(20-11)19(7-5-2)9-13(14,15)16/h17H,4-9H2,1-3H3. The molecule has 0 aliphatic rings. The Bertz CT molecular complexity index is 404. The lowest BCUT2D eigenvalue weighted by molar-refractivity contribution is -0.119. The zero-order chi connectivity index (χ0) is 15.2. The Balaban J connectivity index is 2.78. The smallest absolute Gasteiger partial charge is 0.339 e. The summed E-state index contributed by atoms with van der Waals surface area (Å²) in [5, 5.41) is 3.72. The maximum Gasteiger partial charge on any atom is 0.406 e. The van der Waals surface area contributed by atoms with Crippen LogP contribution in [0.25, 0.3) is 0 Å². The van der Waals surface area contributed by atoms with Gasteiger partial charge in [-0.2, -0.15) is 13.2 Å². The highest BCUT2D eigenvalue weighted by Crippen LogP contribution is 2.29. The number of halogens is 3. The molecule has 0 aromatic carbocycles. The van der Waals surface area contributed by atoms with Crippen LogP contribution in [-0.4, -0.2) is 30.8 Å². The highest BCUT2D eigenvalue weighted by molar-refractivity contribution is 7.15. The fourth-order valence-corrected chi connectivity index (χ4v) is 2.87. The van der Waals surface area contributed by atoms with E-state index in [1.54, 1.807) is 0 Å². The van der Waals surface area contributed by atoms with Crippen molar-refractivity contribution in [3.8, 4) is 0 Å². The van der Waals surface area contributed by atoms with Gasteiger partial charge < -0.3 is 10.2 Å². The van der Waals surface area contributed by atoms with Gasteiger partial charge in [0.2, 0.25) is 0 Å². The Morgan fingerprint density at radius 1 is 1.25 bits per heavy atom. The van der Waals surface area contributed by atoms with E-state index in [9.17, 15) is 13.2 Å². The van der Waals surface area contributed by atoms with Gasteiger partial charge in [0.25, 0.3) is 0 Å². The molecule has 1 N–H and O–H groups in total. The summed E-state index contributed by atoms with van der Waals surface area (Å²) in [5.74, 6) is 0. The van der Waals surface area contributed by atoms with E-state index in [1.165, 1.54) is 16.2 Å². The number of aromatic nitrogens is 1. The third-order valence-electron chi connectivity index (χ3n) is 2.73. The van der Waals surface area contributed by atoms with Crippen molar-refractivity contribution in [2.75, 3.05) is 24.5 Å². The summed E-state index contributed by atoms with van der Waals surface area (Å²) in [6, 6.07) is 0. The molecule has 0 spiro atoms. The van der Waals surface area contributed by atoms with Crippen LogP contribution in [0.1, 0.15) is 37.3 Å². The van der Waals surface area contributed by atoms with Gasteiger partial charge in [-0.1, -0.05) is 13.8 Å². The van der Waals surface area contributed by atoms with Crippen molar-refractivity contribution < 1.29 is 13.2 Å².